The van der Waals surface area contributed by atoms with Crippen LogP contribution in [-0.2, 0) is 6.42 Å². The predicted octanol–water partition coefficient (Wildman–Crippen LogP) is 3.55. The molecule has 0 bridgehead atoms. The lowest BCUT2D eigenvalue weighted by molar-refractivity contribution is 0.0639. The Hall–Kier alpha value is -3.35. The second-order valence-corrected chi connectivity index (χ2v) is 6.82. The van der Waals surface area contributed by atoms with Crippen molar-refractivity contribution < 1.29 is 13.6 Å². The monoisotopic (exact) mass is 362 g/mol. The van der Waals surface area contributed by atoms with Crippen molar-refractivity contribution in [2.75, 3.05) is 6.54 Å². The standard InChI is InChI=1S/C20H18N4O3/c1-11-4-3-5-15-13(11)8-16(27-15)18-17-14(21-9-22-17)6-7-24(18)20(25)19-12(2)23-10-26-19/h3-5,8-10,18H,6-7H2,1-2H3,(H,21,22)/t18-/m0/s1. The second kappa shape index (κ2) is 5.84. The molecule has 1 aromatic carbocycles. The van der Waals surface area contributed by atoms with E-state index in [1.54, 1.807) is 18.2 Å². The number of oxazole rings is 1. The molecule has 0 fully saturated rings. The molecule has 0 saturated heterocycles. The zero-order valence-corrected chi connectivity index (χ0v) is 15.0. The molecule has 0 radical (unpaired) electrons. The number of aromatic amines is 1. The number of H-pyrrole nitrogens is 1. The fraction of sp³-hybridized carbons (Fsp3) is 0.250. The summed E-state index contributed by atoms with van der Waals surface area (Å²) in [6.45, 7) is 4.35. The van der Waals surface area contributed by atoms with Gasteiger partial charge in [0, 0.05) is 24.0 Å². The Morgan fingerprint density at radius 1 is 1.30 bits per heavy atom. The molecule has 1 amide bonds. The number of amides is 1. The van der Waals surface area contributed by atoms with Gasteiger partial charge in [0.15, 0.2) is 6.39 Å². The highest BCUT2D eigenvalue weighted by Gasteiger charge is 2.38. The van der Waals surface area contributed by atoms with Gasteiger partial charge in [0.05, 0.1) is 17.7 Å². The predicted molar refractivity (Wildman–Crippen MR) is 97.4 cm³/mol. The average molecular weight is 362 g/mol. The maximum atomic E-state index is 13.2. The minimum absolute atomic E-state index is 0.208. The minimum atomic E-state index is -0.413. The SMILES string of the molecule is Cc1ncoc1C(=O)N1CCc2[nH]cnc2[C@@H]1c1cc2c(C)cccc2o1. The second-order valence-electron chi connectivity index (χ2n) is 6.82. The van der Waals surface area contributed by atoms with E-state index in [1.165, 1.54) is 6.39 Å². The van der Waals surface area contributed by atoms with E-state index in [1.807, 2.05) is 31.2 Å². The zero-order valence-electron chi connectivity index (χ0n) is 15.0. The summed E-state index contributed by atoms with van der Waals surface area (Å²) < 4.78 is 11.5. The lowest BCUT2D eigenvalue weighted by Gasteiger charge is -2.33. The number of rotatable bonds is 2. The third-order valence-corrected chi connectivity index (χ3v) is 5.19. The van der Waals surface area contributed by atoms with Crippen LogP contribution in [0.3, 0.4) is 0 Å². The van der Waals surface area contributed by atoms with E-state index in [0.717, 1.165) is 27.9 Å². The maximum absolute atomic E-state index is 13.2. The fourth-order valence-electron chi connectivity index (χ4n) is 3.78. The molecule has 5 rings (SSSR count). The Morgan fingerprint density at radius 2 is 2.19 bits per heavy atom. The van der Waals surface area contributed by atoms with E-state index in [0.29, 0.717) is 24.4 Å². The highest BCUT2D eigenvalue weighted by atomic mass is 16.4. The number of aromatic nitrogens is 3. The number of carbonyl (C=O) groups is 1. The highest BCUT2D eigenvalue weighted by Crippen LogP contribution is 2.37. The van der Waals surface area contributed by atoms with Crippen LogP contribution >= 0.6 is 0 Å². The Labute approximate surface area is 155 Å². The summed E-state index contributed by atoms with van der Waals surface area (Å²) >= 11 is 0. The molecule has 27 heavy (non-hydrogen) atoms. The lowest BCUT2D eigenvalue weighted by atomic mass is 9.99. The largest absolute Gasteiger partial charge is 0.458 e. The van der Waals surface area contributed by atoms with E-state index >= 15 is 0 Å². The Kier molecular flexibility index (Phi) is 3.43. The van der Waals surface area contributed by atoms with E-state index in [-0.39, 0.29) is 11.7 Å². The number of furan rings is 1. The number of aryl methyl sites for hydroxylation is 2. The average Bonchev–Trinajstić information content (AvgIpc) is 3.39. The van der Waals surface area contributed by atoms with Gasteiger partial charge in [-0.1, -0.05) is 12.1 Å². The summed E-state index contributed by atoms with van der Waals surface area (Å²) in [6.07, 6.45) is 3.66. The van der Waals surface area contributed by atoms with E-state index in [9.17, 15) is 4.79 Å². The molecule has 0 aliphatic carbocycles. The maximum Gasteiger partial charge on any atom is 0.292 e. The summed E-state index contributed by atoms with van der Waals surface area (Å²) in [4.78, 5) is 26.7. The molecular weight excluding hydrogens is 344 g/mol. The minimum Gasteiger partial charge on any atom is -0.458 e. The van der Waals surface area contributed by atoms with Gasteiger partial charge in [0.1, 0.15) is 17.4 Å². The van der Waals surface area contributed by atoms with Gasteiger partial charge in [0.25, 0.3) is 5.91 Å². The first-order valence-electron chi connectivity index (χ1n) is 8.85. The summed E-state index contributed by atoms with van der Waals surface area (Å²) in [6, 6.07) is 7.54. The molecule has 0 saturated carbocycles. The summed E-state index contributed by atoms with van der Waals surface area (Å²) in [5.74, 6) is 0.741. The van der Waals surface area contributed by atoms with Crippen molar-refractivity contribution in [3.8, 4) is 0 Å². The van der Waals surface area contributed by atoms with Crippen LogP contribution in [0.5, 0.6) is 0 Å². The fourth-order valence-corrected chi connectivity index (χ4v) is 3.78. The van der Waals surface area contributed by atoms with Gasteiger partial charge in [-0.2, -0.15) is 0 Å². The number of carbonyl (C=O) groups excluding carboxylic acids is 1. The van der Waals surface area contributed by atoms with Crippen molar-refractivity contribution in [2.45, 2.75) is 26.3 Å². The molecule has 1 N–H and O–H groups in total. The topological polar surface area (TPSA) is 88.2 Å². The van der Waals surface area contributed by atoms with Crippen LogP contribution < -0.4 is 0 Å². The van der Waals surface area contributed by atoms with Crippen LogP contribution in [0.1, 0.15) is 45.0 Å². The molecule has 1 aliphatic rings. The number of nitrogens with zero attached hydrogens (tertiary/aromatic N) is 3. The smallest absolute Gasteiger partial charge is 0.292 e. The van der Waals surface area contributed by atoms with Crippen LogP contribution in [0.25, 0.3) is 11.0 Å². The van der Waals surface area contributed by atoms with Crippen molar-refractivity contribution in [2.24, 2.45) is 0 Å². The summed E-state index contributed by atoms with van der Waals surface area (Å²) in [5.41, 5.74) is 4.34. The van der Waals surface area contributed by atoms with Crippen molar-refractivity contribution in [3.63, 3.8) is 0 Å². The van der Waals surface area contributed by atoms with Gasteiger partial charge in [-0.15, -0.1) is 0 Å². The Balaban J connectivity index is 1.66. The first-order chi connectivity index (χ1) is 13.1. The third kappa shape index (κ3) is 2.38. The molecule has 7 nitrogen and oxygen atoms in total. The van der Waals surface area contributed by atoms with Gasteiger partial charge in [-0.05, 0) is 31.5 Å². The normalized spacial score (nSPS) is 16.7. The van der Waals surface area contributed by atoms with Gasteiger partial charge in [-0.25, -0.2) is 9.97 Å². The Bertz CT molecular complexity index is 1150. The first-order valence-corrected chi connectivity index (χ1v) is 8.85. The summed E-state index contributed by atoms with van der Waals surface area (Å²) in [5, 5.41) is 1.04. The van der Waals surface area contributed by atoms with Crippen molar-refractivity contribution in [3.05, 3.63) is 71.2 Å². The number of fused-ring (bicyclic) bond motifs is 2. The highest BCUT2D eigenvalue weighted by molar-refractivity contribution is 5.93. The van der Waals surface area contributed by atoms with Gasteiger partial charge >= 0.3 is 0 Å². The molecule has 136 valence electrons. The van der Waals surface area contributed by atoms with Gasteiger partial charge in [0.2, 0.25) is 5.76 Å². The summed E-state index contributed by atoms with van der Waals surface area (Å²) in [7, 11) is 0. The number of hydrogen-bond acceptors (Lipinski definition) is 5. The number of nitrogens with one attached hydrogen (secondary N) is 1. The molecule has 7 heteroatoms. The lowest BCUT2D eigenvalue weighted by Crippen LogP contribution is -2.40. The van der Waals surface area contributed by atoms with Gasteiger partial charge < -0.3 is 18.7 Å². The molecule has 4 heterocycles. The molecule has 1 aliphatic heterocycles. The van der Waals surface area contributed by atoms with Crippen LogP contribution in [0.4, 0.5) is 0 Å². The number of imidazole rings is 1. The number of benzene rings is 1. The van der Waals surface area contributed by atoms with Crippen LogP contribution in [0.15, 0.2) is 45.8 Å². The molecular formula is C20H18N4O3. The van der Waals surface area contributed by atoms with Crippen molar-refractivity contribution >= 4 is 16.9 Å². The molecule has 0 spiro atoms. The van der Waals surface area contributed by atoms with Crippen LogP contribution in [0, 0.1) is 13.8 Å². The van der Waals surface area contributed by atoms with Crippen LogP contribution in [0.2, 0.25) is 0 Å². The number of hydrogen-bond donors (Lipinski definition) is 1. The van der Waals surface area contributed by atoms with Crippen LogP contribution in [-0.4, -0.2) is 32.3 Å². The van der Waals surface area contributed by atoms with E-state index in [4.69, 9.17) is 8.83 Å². The third-order valence-electron chi connectivity index (χ3n) is 5.19. The molecule has 3 aromatic heterocycles. The molecule has 1 atom stereocenters. The Morgan fingerprint density at radius 3 is 2.96 bits per heavy atom. The molecule has 4 aromatic rings. The zero-order chi connectivity index (χ0) is 18.5. The van der Waals surface area contributed by atoms with E-state index < -0.39 is 6.04 Å². The van der Waals surface area contributed by atoms with Gasteiger partial charge in [-0.3, -0.25) is 4.79 Å². The van der Waals surface area contributed by atoms with Crippen molar-refractivity contribution in [1.29, 1.82) is 0 Å². The van der Waals surface area contributed by atoms with E-state index in [2.05, 4.69) is 15.0 Å². The quantitative estimate of drug-likeness (QED) is 0.589. The first kappa shape index (κ1) is 15.9. The van der Waals surface area contributed by atoms with Crippen molar-refractivity contribution in [1.82, 2.24) is 19.9 Å². The molecule has 0 unspecified atom stereocenters.